The predicted molar refractivity (Wildman–Crippen MR) is 114 cm³/mol. The van der Waals surface area contributed by atoms with Gasteiger partial charge in [0.1, 0.15) is 19.1 Å². The van der Waals surface area contributed by atoms with Crippen molar-refractivity contribution in [2.45, 2.75) is 18.9 Å². The average Bonchev–Trinajstić information content (AvgIpc) is 2.81. The topological polar surface area (TPSA) is 106 Å². The second-order valence-corrected chi connectivity index (χ2v) is 6.50. The minimum absolute atomic E-state index is 0.0391. The van der Waals surface area contributed by atoms with E-state index in [-0.39, 0.29) is 32.3 Å². The van der Waals surface area contributed by atoms with Crippen molar-refractivity contribution in [2.24, 2.45) is 0 Å². The van der Waals surface area contributed by atoms with Crippen molar-refractivity contribution in [1.82, 2.24) is 10.8 Å². The first-order chi connectivity index (χ1) is 15.1. The van der Waals surface area contributed by atoms with E-state index in [4.69, 9.17) is 19.4 Å². The van der Waals surface area contributed by atoms with E-state index in [1.54, 1.807) is 29.7 Å². The van der Waals surface area contributed by atoms with Gasteiger partial charge in [-0.1, -0.05) is 30.0 Å². The fourth-order valence-corrected chi connectivity index (χ4v) is 2.58. The second kappa shape index (κ2) is 13.8. The molecule has 0 aliphatic rings. The molecular formula is C23H26N2O6. The molecule has 0 bridgehead atoms. The summed E-state index contributed by atoms with van der Waals surface area (Å²) < 4.78 is 15.6. The lowest BCUT2D eigenvalue weighted by Crippen LogP contribution is -2.39. The van der Waals surface area contributed by atoms with Gasteiger partial charge in [-0.15, -0.1) is 0 Å². The third-order valence-electron chi connectivity index (χ3n) is 4.13. The highest BCUT2D eigenvalue weighted by atomic mass is 16.7. The summed E-state index contributed by atoms with van der Waals surface area (Å²) in [5.41, 5.74) is 2.78. The highest BCUT2D eigenvalue weighted by molar-refractivity contribution is 5.94. The van der Waals surface area contributed by atoms with E-state index in [1.807, 2.05) is 30.3 Å². The number of rotatable bonds is 11. The average molecular weight is 426 g/mol. The Labute approximate surface area is 181 Å². The lowest BCUT2D eigenvalue weighted by atomic mass is 10.1. The number of methoxy groups -OCH3 is 1. The molecule has 8 nitrogen and oxygen atoms in total. The Bertz CT molecular complexity index is 874. The quantitative estimate of drug-likeness (QED) is 0.167. The molecule has 31 heavy (non-hydrogen) atoms. The number of hydrogen-bond acceptors (Lipinski definition) is 6. The van der Waals surface area contributed by atoms with Gasteiger partial charge in [0, 0.05) is 24.7 Å². The minimum atomic E-state index is -0.537. The van der Waals surface area contributed by atoms with Crippen molar-refractivity contribution in [3.8, 4) is 17.6 Å². The van der Waals surface area contributed by atoms with E-state index in [2.05, 4.69) is 17.2 Å². The molecule has 1 unspecified atom stereocenters. The number of nitrogens with one attached hydrogen (secondary N) is 2. The van der Waals surface area contributed by atoms with Crippen molar-refractivity contribution in [3.63, 3.8) is 0 Å². The summed E-state index contributed by atoms with van der Waals surface area (Å²) in [6.45, 7) is 0.500. The molecule has 164 valence electrons. The van der Waals surface area contributed by atoms with Gasteiger partial charge in [-0.05, 0) is 42.8 Å². The number of ether oxygens (including phenoxy) is 3. The zero-order valence-electron chi connectivity index (χ0n) is 17.3. The zero-order valence-corrected chi connectivity index (χ0v) is 17.3. The molecule has 0 spiro atoms. The zero-order chi connectivity index (χ0) is 22.3. The van der Waals surface area contributed by atoms with Crippen molar-refractivity contribution in [3.05, 3.63) is 65.7 Å². The summed E-state index contributed by atoms with van der Waals surface area (Å²) in [7, 11) is 1.49. The summed E-state index contributed by atoms with van der Waals surface area (Å²) in [6.07, 6.45) is 0.337. The molecule has 0 saturated heterocycles. The molecular weight excluding hydrogens is 400 g/mol. The third-order valence-corrected chi connectivity index (χ3v) is 4.13. The Morgan fingerprint density at radius 1 is 1.10 bits per heavy atom. The summed E-state index contributed by atoms with van der Waals surface area (Å²) in [6, 6.07) is 15.8. The smallest absolute Gasteiger partial charge is 0.251 e. The van der Waals surface area contributed by atoms with Crippen LogP contribution in [0, 0.1) is 11.8 Å². The third kappa shape index (κ3) is 9.31. The van der Waals surface area contributed by atoms with E-state index < -0.39 is 11.9 Å². The van der Waals surface area contributed by atoms with E-state index in [9.17, 15) is 9.59 Å². The van der Waals surface area contributed by atoms with Crippen molar-refractivity contribution in [1.29, 1.82) is 0 Å². The Kier molecular flexibility index (Phi) is 10.6. The molecule has 0 aromatic heterocycles. The molecule has 2 aromatic carbocycles. The van der Waals surface area contributed by atoms with Crippen LogP contribution >= 0.6 is 0 Å². The largest absolute Gasteiger partial charge is 0.481 e. The molecule has 1 atom stereocenters. The van der Waals surface area contributed by atoms with Crippen LogP contribution in [0.2, 0.25) is 0 Å². The van der Waals surface area contributed by atoms with Crippen LogP contribution in [-0.4, -0.2) is 50.2 Å². The van der Waals surface area contributed by atoms with Gasteiger partial charge in [0.05, 0.1) is 12.6 Å². The minimum Gasteiger partial charge on any atom is -0.481 e. The van der Waals surface area contributed by atoms with E-state index in [1.165, 1.54) is 7.11 Å². The second-order valence-electron chi connectivity index (χ2n) is 6.50. The van der Waals surface area contributed by atoms with E-state index in [0.717, 1.165) is 11.3 Å². The molecule has 0 saturated carbocycles. The standard InChI is InChI=1S/C23H26N2O6/c1-29-17-30-16-20(13-14-22(26)25-28)24-23(27)19-11-9-18(10-12-19)6-5-15-31-21-7-3-2-4-8-21/h2-4,7-12,20,28H,13-17H2,1H3,(H,24,27)(H,25,26). The number of benzene rings is 2. The van der Waals surface area contributed by atoms with Crippen LogP contribution in [0.25, 0.3) is 0 Å². The normalized spacial score (nSPS) is 11.0. The fraction of sp³-hybridized carbons (Fsp3) is 0.304. The van der Waals surface area contributed by atoms with Gasteiger partial charge >= 0.3 is 0 Å². The van der Waals surface area contributed by atoms with Crippen molar-refractivity contribution >= 4 is 11.8 Å². The lowest BCUT2D eigenvalue weighted by molar-refractivity contribution is -0.129. The van der Waals surface area contributed by atoms with Crippen molar-refractivity contribution < 1.29 is 29.0 Å². The molecule has 0 aliphatic carbocycles. The van der Waals surface area contributed by atoms with Gasteiger partial charge in [0.2, 0.25) is 5.91 Å². The Morgan fingerprint density at radius 3 is 2.52 bits per heavy atom. The van der Waals surface area contributed by atoms with Gasteiger partial charge in [0.25, 0.3) is 5.91 Å². The molecule has 2 aromatic rings. The van der Waals surface area contributed by atoms with Crippen molar-refractivity contribution in [2.75, 3.05) is 27.1 Å². The first-order valence-corrected chi connectivity index (χ1v) is 9.69. The maximum atomic E-state index is 12.5. The van der Waals surface area contributed by atoms with Gasteiger partial charge in [-0.3, -0.25) is 14.8 Å². The van der Waals surface area contributed by atoms with Crippen LogP contribution in [-0.2, 0) is 14.3 Å². The number of carbonyl (C=O) groups is 2. The van der Waals surface area contributed by atoms with Crippen LogP contribution in [0.3, 0.4) is 0 Å². The summed E-state index contributed by atoms with van der Waals surface area (Å²) >= 11 is 0. The summed E-state index contributed by atoms with van der Waals surface area (Å²) in [4.78, 5) is 23.8. The molecule has 0 radical (unpaired) electrons. The van der Waals surface area contributed by atoms with E-state index >= 15 is 0 Å². The Hall–Kier alpha value is -3.38. The summed E-state index contributed by atoms with van der Waals surface area (Å²) in [5.74, 6) is 5.83. The van der Waals surface area contributed by atoms with Gasteiger partial charge in [0.15, 0.2) is 0 Å². The Morgan fingerprint density at radius 2 is 1.84 bits per heavy atom. The monoisotopic (exact) mass is 426 g/mol. The van der Waals surface area contributed by atoms with Crippen LogP contribution in [0.4, 0.5) is 0 Å². The SMILES string of the molecule is COCOCC(CCC(=O)NO)NC(=O)c1ccc(C#CCOc2ccccc2)cc1. The van der Waals surface area contributed by atoms with Crippen LogP contribution in [0.15, 0.2) is 54.6 Å². The highest BCUT2D eigenvalue weighted by Crippen LogP contribution is 2.08. The molecule has 0 fully saturated rings. The van der Waals surface area contributed by atoms with Gasteiger partial charge in [-0.25, -0.2) is 5.48 Å². The van der Waals surface area contributed by atoms with Crippen LogP contribution < -0.4 is 15.5 Å². The predicted octanol–water partition coefficient (Wildman–Crippen LogP) is 2.12. The lowest BCUT2D eigenvalue weighted by Gasteiger charge is -2.18. The molecule has 0 aliphatic heterocycles. The molecule has 3 N–H and O–H groups in total. The Balaban J connectivity index is 1.88. The van der Waals surface area contributed by atoms with Gasteiger partial charge < -0.3 is 19.5 Å². The molecule has 2 rings (SSSR count). The number of carbonyl (C=O) groups excluding carboxylic acids is 2. The number of hydrogen-bond donors (Lipinski definition) is 3. The fourth-order valence-electron chi connectivity index (χ4n) is 2.58. The number of para-hydroxylation sites is 1. The molecule has 0 heterocycles. The molecule has 8 heteroatoms. The summed E-state index contributed by atoms with van der Waals surface area (Å²) in [5, 5.41) is 11.5. The maximum absolute atomic E-state index is 12.5. The first kappa shape index (κ1) is 23.9. The van der Waals surface area contributed by atoms with Crippen LogP contribution in [0.1, 0.15) is 28.8 Å². The molecule has 2 amide bonds. The first-order valence-electron chi connectivity index (χ1n) is 9.69. The van der Waals surface area contributed by atoms with E-state index in [0.29, 0.717) is 12.0 Å². The highest BCUT2D eigenvalue weighted by Gasteiger charge is 2.16. The number of hydroxylamine groups is 1. The van der Waals surface area contributed by atoms with Gasteiger partial charge in [-0.2, -0.15) is 0 Å². The van der Waals surface area contributed by atoms with Crippen LogP contribution in [0.5, 0.6) is 5.75 Å². The number of amides is 2. The maximum Gasteiger partial charge on any atom is 0.251 e.